The number of aromatic nitrogens is 1. The molecule has 0 aromatic carbocycles. The van der Waals surface area contributed by atoms with E-state index in [0.717, 1.165) is 0 Å². The van der Waals surface area contributed by atoms with Gasteiger partial charge in [0.25, 0.3) is 0 Å². The molecule has 0 aliphatic rings. The minimum atomic E-state index is -0.745. The van der Waals surface area contributed by atoms with Crippen molar-refractivity contribution >= 4 is 5.82 Å². The van der Waals surface area contributed by atoms with Crippen molar-refractivity contribution in [3.8, 4) is 5.88 Å². The number of aliphatic hydroxyl groups is 1. The first-order valence-corrected chi connectivity index (χ1v) is 4.48. The van der Waals surface area contributed by atoms with Crippen LogP contribution in [-0.2, 0) is 0 Å². The van der Waals surface area contributed by atoms with E-state index in [1.54, 1.807) is 27.0 Å². The number of hydrogen-bond donors (Lipinski definition) is 2. The third-order valence-electron chi connectivity index (χ3n) is 1.63. The van der Waals surface area contributed by atoms with Crippen LogP contribution < -0.4 is 10.1 Å². The van der Waals surface area contributed by atoms with E-state index in [1.165, 1.54) is 0 Å². The molecule has 0 saturated heterocycles. The van der Waals surface area contributed by atoms with Crippen LogP contribution in [0.1, 0.15) is 13.8 Å². The maximum atomic E-state index is 9.48. The molecule has 1 aromatic rings. The van der Waals surface area contributed by atoms with E-state index in [0.29, 0.717) is 18.2 Å². The van der Waals surface area contributed by atoms with Crippen molar-refractivity contribution in [3.63, 3.8) is 0 Å². The van der Waals surface area contributed by atoms with Gasteiger partial charge in [-0.1, -0.05) is 6.07 Å². The summed E-state index contributed by atoms with van der Waals surface area (Å²) >= 11 is 0. The summed E-state index contributed by atoms with van der Waals surface area (Å²) in [6.45, 7) is 3.92. The van der Waals surface area contributed by atoms with Gasteiger partial charge in [-0.3, -0.25) is 0 Å². The second kappa shape index (κ2) is 4.28. The lowest BCUT2D eigenvalue weighted by Gasteiger charge is -2.18. The largest absolute Gasteiger partial charge is 0.481 e. The molecule has 0 spiro atoms. The van der Waals surface area contributed by atoms with Crippen molar-refractivity contribution in [2.75, 3.05) is 19.0 Å². The zero-order valence-corrected chi connectivity index (χ0v) is 8.74. The first-order valence-electron chi connectivity index (χ1n) is 4.48. The normalized spacial score (nSPS) is 11.1. The van der Waals surface area contributed by atoms with Gasteiger partial charge in [0.05, 0.1) is 12.7 Å². The summed E-state index contributed by atoms with van der Waals surface area (Å²) in [6.07, 6.45) is 0. The van der Waals surface area contributed by atoms with Gasteiger partial charge in [0.15, 0.2) is 0 Å². The first kappa shape index (κ1) is 10.8. The van der Waals surface area contributed by atoms with Crippen LogP contribution in [0.2, 0.25) is 0 Å². The topological polar surface area (TPSA) is 54.4 Å². The smallest absolute Gasteiger partial charge is 0.214 e. The van der Waals surface area contributed by atoms with Crippen LogP contribution >= 0.6 is 0 Å². The third-order valence-corrected chi connectivity index (χ3v) is 1.63. The van der Waals surface area contributed by atoms with Crippen molar-refractivity contribution in [3.05, 3.63) is 18.2 Å². The third kappa shape index (κ3) is 3.62. The average molecular weight is 196 g/mol. The van der Waals surface area contributed by atoms with E-state index in [4.69, 9.17) is 4.74 Å². The lowest BCUT2D eigenvalue weighted by atomic mass is 10.1. The lowest BCUT2D eigenvalue weighted by Crippen LogP contribution is -2.29. The zero-order chi connectivity index (χ0) is 10.6. The number of methoxy groups -OCH3 is 1. The molecule has 0 radical (unpaired) electrons. The Bertz CT molecular complexity index is 294. The van der Waals surface area contributed by atoms with Gasteiger partial charge in [0.2, 0.25) is 5.88 Å². The number of ether oxygens (including phenoxy) is 1. The molecule has 4 nitrogen and oxygen atoms in total. The van der Waals surface area contributed by atoms with Crippen LogP contribution in [0.15, 0.2) is 18.2 Å². The highest BCUT2D eigenvalue weighted by molar-refractivity contribution is 5.37. The van der Waals surface area contributed by atoms with Gasteiger partial charge in [-0.2, -0.15) is 4.98 Å². The Morgan fingerprint density at radius 2 is 2.21 bits per heavy atom. The number of hydrogen-bond acceptors (Lipinski definition) is 4. The SMILES string of the molecule is COc1cccc(NCC(C)(C)O)n1. The van der Waals surface area contributed by atoms with Crippen molar-refractivity contribution in [1.29, 1.82) is 0 Å². The molecule has 0 unspecified atom stereocenters. The Morgan fingerprint density at radius 1 is 1.50 bits per heavy atom. The van der Waals surface area contributed by atoms with Crippen LogP contribution in [0.4, 0.5) is 5.82 Å². The summed E-state index contributed by atoms with van der Waals surface area (Å²) in [5, 5.41) is 12.5. The van der Waals surface area contributed by atoms with E-state index in [-0.39, 0.29) is 0 Å². The molecule has 0 amide bonds. The number of rotatable bonds is 4. The quantitative estimate of drug-likeness (QED) is 0.761. The van der Waals surface area contributed by atoms with E-state index < -0.39 is 5.60 Å². The fourth-order valence-corrected chi connectivity index (χ4v) is 0.934. The van der Waals surface area contributed by atoms with Crippen LogP contribution in [0.3, 0.4) is 0 Å². The van der Waals surface area contributed by atoms with Gasteiger partial charge in [0.1, 0.15) is 5.82 Å². The second-order valence-electron chi connectivity index (χ2n) is 3.73. The molecule has 0 saturated carbocycles. The Hall–Kier alpha value is -1.29. The maximum Gasteiger partial charge on any atom is 0.214 e. The summed E-state index contributed by atoms with van der Waals surface area (Å²) in [6, 6.07) is 5.45. The van der Waals surface area contributed by atoms with Gasteiger partial charge < -0.3 is 15.2 Å². The molecule has 1 aromatic heterocycles. The summed E-state index contributed by atoms with van der Waals surface area (Å²) in [5.74, 6) is 1.26. The molecule has 0 atom stereocenters. The summed E-state index contributed by atoms with van der Waals surface area (Å²) in [5.41, 5.74) is -0.745. The van der Waals surface area contributed by atoms with Gasteiger partial charge in [0, 0.05) is 12.6 Å². The van der Waals surface area contributed by atoms with Crippen LogP contribution in [0, 0.1) is 0 Å². The van der Waals surface area contributed by atoms with Crippen molar-refractivity contribution in [2.45, 2.75) is 19.4 Å². The molecule has 0 fully saturated rings. The van der Waals surface area contributed by atoms with Crippen molar-refractivity contribution in [1.82, 2.24) is 4.98 Å². The Kier molecular flexibility index (Phi) is 3.30. The molecule has 1 rings (SSSR count). The molecule has 0 bridgehead atoms. The standard InChI is InChI=1S/C10H16N2O2/c1-10(2,13)7-11-8-5-4-6-9(12-8)14-3/h4-6,13H,7H2,1-3H3,(H,11,12). The maximum absolute atomic E-state index is 9.48. The molecular weight excluding hydrogens is 180 g/mol. The van der Waals surface area contributed by atoms with E-state index in [2.05, 4.69) is 10.3 Å². The van der Waals surface area contributed by atoms with Gasteiger partial charge >= 0.3 is 0 Å². The van der Waals surface area contributed by atoms with Gasteiger partial charge in [-0.25, -0.2) is 0 Å². The number of nitrogens with zero attached hydrogens (tertiary/aromatic N) is 1. The Labute approximate surface area is 83.9 Å². The molecule has 1 heterocycles. The average Bonchev–Trinajstić information content (AvgIpc) is 2.14. The van der Waals surface area contributed by atoms with E-state index >= 15 is 0 Å². The van der Waals surface area contributed by atoms with Crippen molar-refractivity contribution < 1.29 is 9.84 Å². The fourth-order valence-electron chi connectivity index (χ4n) is 0.934. The monoisotopic (exact) mass is 196 g/mol. The highest BCUT2D eigenvalue weighted by atomic mass is 16.5. The van der Waals surface area contributed by atoms with Crippen LogP contribution in [0.5, 0.6) is 5.88 Å². The van der Waals surface area contributed by atoms with Crippen LogP contribution in [-0.4, -0.2) is 29.3 Å². The first-order chi connectivity index (χ1) is 6.51. The molecule has 0 aliphatic carbocycles. The minimum Gasteiger partial charge on any atom is -0.481 e. The molecule has 14 heavy (non-hydrogen) atoms. The van der Waals surface area contributed by atoms with E-state index in [9.17, 15) is 5.11 Å². The predicted molar refractivity (Wildman–Crippen MR) is 55.6 cm³/mol. The second-order valence-corrected chi connectivity index (χ2v) is 3.73. The van der Waals surface area contributed by atoms with Crippen molar-refractivity contribution in [2.24, 2.45) is 0 Å². The number of nitrogens with one attached hydrogen (secondary N) is 1. The van der Waals surface area contributed by atoms with Crippen LogP contribution in [0.25, 0.3) is 0 Å². The summed E-state index contributed by atoms with van der Waals surface area (Å²) in [7, 11) is 1.57. The molecule has 0 aliphatic heterocycles. The van der Waals surface area contributed by atoms with Gasteiger partial charge in [-0.15, -0.1) is 0 Å². The summed E-state index contributed by atoms with van der Waals surface area (Å²) < 4.78 is 4.97. The Morgan fingerprint density at radius 3 is 2.79 bits per heavy atom. The molecule has 4 heteroatoms. The number of pyridine rings is 1. The molecule has 2 N–H and O–H groups in total. The lowest BCUT2D eigenvalue weighted by molar-refractivity contribution is 0.0944. The predicted octanol–water partition coefficient (Wildman–Crippen LogP) is 1.27. The number of anilines is 1. The van der Waals surface area contributed by atoms with E-state index in [1.807, 2.05) is 12.1 Å². The zero-order valence-electron chi connectivity index (χ0n) is 8.74. The Balaban J connectivity index is 2.59. The fraction of sp³-hybridized carbons (Fsp3) is 0.500. The highest BCUT2D eigenvalue weighted by Gasteiger charge is 2.11. The summed E-state index contributed by atoms with van der Waals surface area (Å²) in [4.78, 5) is 4.15. The van der Waals surface area contributed by atoms with Gasteiger partial charge in [-0.05, 0) is 19.9 Å². The highest BCUT2D eigenvalue weighted by Crippen LogP contribution is 2.11. The molecular formula is C10H16N2O2. The molecule has 78 valence electrons. The minimum absolute atomic E-state index is 0.452.